The highest BCUT2D eigenvalue weighted by Gasteiger charge is 2.28. The first kappa shape index (κ1) is 16.0. The van der Waals surface area contributed by atoms with E-state index in [1.165, 1.54) is 6.08 Å². The average molecular weight is 311 g/mol. The number of aromatic nitrogens is 1. The molecule has 2 rings (SSSR count). The lowest BCUT2D eigenvalue weighted by Gasteiger charge is -2.11. The van der Waals surface area contributed by atoms with Gasteiger partial charge in [-0.15, -0.1) is 13.3 Å². The summed E-state index contributed by atoms with van der Waals surface area (Å²) in [6.45, 7) is 0. The van der Waals surface area contributed by atoms with E-state index in [0.717, 1.165) is 18.8 Å². The highest BCUT2D eigenvalue weighted by molar-refractivity contribution is 5.70. The molecule has 0 atom stereocenters. The molecule has 2 aromatic rings. The standard InChI is InChI=1S/C16H15F4N2/c1-21(2)11-7-4-10(5-8-11)6-9-12-13(17)15(19)22(3)16(20)14(12)18/h4-9H,1-3H3/q+1. The van der Waals surface area contributed by atoms with Gasteiger partial charge in [-0.25, -0.2) is 0 Å². The fourth-order valence-electron chi connectivity index (χ4n) is 1.91. The van der Waals surface area contributed by atoms with Crippen LogP contribution in [0.5, 0.6) is 0 Å². The Hall–Kier alpha value is -2.37. The van der Waals surface area contributed by atoms with Crippen molar-refractivity contribution in [3.8, 4) is 0 Å². The van der Waals surface area contributed by atoms with Crippen LogP contribution in [0.1, 0.15) is 11.1 Å². The fraction of sp³-hybridized carbons (Fsp3) is 0.188. The van der Waals surface area contributed by atoms with Gasteiger partial charge >= 0.3 is 11.9 Å². The van der Waals surface area contributed by atoms with Crippen molar-refractivity contribution in [3.05, 3.63) is 58.9 Å². The Kier molecular flexibility index (Phi) is 4.49. The van der Waals surface area contributed by atoms with Gasteiger partial charge in [0.1, 0.15) is 7.05 Å². The van der Waals surface area contributed by atoms with Crippen LogP contribution in [0, 0.1) is 23.5 Å². The molecule has 0 amide bonds. The maximum absolute atomic E-state index is 13.7. The van der Waals surface area contributed by atoms with E-state index in [-0.39, 0.29) is 4.57 Å². The summed E-state index contributed by atoms with van der Waals surface area (Å²) >= 11 is 0. The molecule has 116 valence electrons. The monoisotopic (exact) mass is 311 g/mol. The second kappa shape index (κ2) is 6.17. The van der Waals surface area contributed by atoms with Crippen molar-refractivity contribution < 1.29 is 22.1 Å². The van der Waals surface area contributed by atoms with Gasteiger partial charge in [0.15, 0.2) is 0 Å². The molecule has 0 radical (unpaired) electrons. The first-order valence-corrected chi connectivity index (χ1v) is 6.50. The summed E-state index contributed by atoms with van der Waals surface area (Å²) in [6.07, 6.45) is 2.40. The number of nitrogens with zero attached hydrogens (tertiary/aromatic N) is 2. The van der Waals surface area contributed by atoms with Gasteiger partial charge in [-0.3, -0.25) is 0 Å². The largest absolute Gasteiger partial charge is 0.398 e. The smallest absolute Gasteiger partial charge is 0.378 e. The lowest BCUT2D eigenvalue weighted by atomic mass is 10.1. The second-order valence-electron chi connectivity index (χ2n) is 5.00. The quantitative estimate of drug-likeness (QED) is 0.479. The van der Waals surface area contributed by atoms with E-state index in [1.807, 2.05) is 31.1 Å². The Bertz CT molecular complexity index is 693. The molecule has 2 nitrogen and oxygen atoms in total. The number of hydrogen-bond donors (Lipinski definition) is 0. The predicted molar refractivity (Wildman–Crippen MR) is 77.1 cm³/mol. The van der Waals surface area contributed by atoms with E-state index in [0.29, 0.717) is 5.56 Å². The lowest BCUT2D eigenvalue weighted by Crippen LogP contribution is -2.40. The molecule has 0 saturated carbocycles. The van der Waals surface area contributed by atoms with Crippen LogP contribution in [-0.4, -0.2) is 14.1 Å². The molecular weight excluding hydrogens is 296 g/mol. The minimum Gasteiger partial charge on any atom is -0.378 e. The van der Waals surface area contributed by atoms with Gasteiger partial charge in [-0.1, -0.05) is 18.2 Å². The summed E-state index contributed by atoms with van der Waals surface area (Å²) in [5.74, 6) is -5.77. The van der Waals surface area contributed by atoms with Crippen molar-refractivity contribution in [1.82, 2.24) is 0 Å². The molecule has 0 aliphatic heterocycles. The summed E-state index contributed by atoms with van der Waals surface area (Å²) in [7, 11) is 4.67. The Morgan fingerprint density at radius 3 is 1.82 bits per heavy atom. The molecule has 22 heavy (non-hydrogen) atoms. The van der Waals surface area contributed by atoms with Crippen LogP contribution in [0.3, 0.4) is 0 Å². The molecule has 0 saturated heterocycles. The Morgan fingerprint density at radius 1 is 0.864 bits per heavy atom. The minimum atomic E-state index is -1.46. The van der Waals surface area contributed by atoms with Crippen molar-refractivity contribution in [2.75, 3.05) is 19.0 Å². The molecule has 1 aromatic heterocycles. The fourth-order valence-corrected chi connectivity index (χ4v) is 1.91. The third kappa shape index (κ3) is 2.95. The van der Waals surface area contributed by atoms with E-state index >= 15 is 0 Å². The summed E-state index contributed by atoms with van der Waals surface area (Å²) in [4.78, 5) is 1.90. The van der Waals surface area contributed by atoms with Gasteiger partial charge in [-0.05, 0) is 23.8 Å². The summed E-state index contributed by atoms with van der Waals surface area (Å²) in [5.41, 5.74) is 0.863. The Labute approximate surface area is 125 Å². The molecular formula is C16H15F4N2+. The Balaban J connectivity index is 2.38. The van der Waals surface area contributed by atoms with Crippen LogP contribution in [0.25, 0.3) is 12.2 Å². The van der Waals surface area contributed by atoms with Gasteiger partial charge in [-0.2, -0.15) is 8.78 Å². The molecule has 1 heterocycles. The molecule has 0 bridgehead atoms. The minimum absolute atomic E-state index is 0.188. The highest BCUT2D eigenvalue weighted by Crippen LogP contribution is 2.19. The molecule has 0 aliphatic carbocycles. The van der Waals surface area contributed by atoms with Crippen LogP contribution in [0.2, 0.25) is 0 Å². The summed E-state index contributed by atoms with van der Waals surface area (Å²) < 4.78 is 54.5. The van der Waals surface area contributed by atoms with Crippen LogP contribution in [0.15, 0.2) is 24.3 Å². The van der Waals surface area contributed by atoms with E-state index in [9.17, 15) is 17.6 Å². The molecule has 0 unspecified atom stereocenters. The maximum atomic E-state index is 13.7. The number of anilines is 1. The van der Waals surface area contributed by atoms with Gasteiger partial charge in [0.05, 0.1) is 5.56 Å². The van der Waals surface area contributed by atoms with Crippen LogP contribution in [0.4, 0.5) is 23.2 Å². The van der Waals surface area contributed by atoms with E-state index in [4.69, 9.17) is 0 Å². The predicted octanol–water partition coefficient (Wildman–Crippen LogP) is 3.30. The van der Waals surface area contributed by atoms with Crippen molar-refractivity contribution in [2.45, 2.75) is 0 Å². The number of hydrogen-bond acceptors (Lipinski definition) is 1. The molecule has 6 heteroatoms. The van der Waals surface area contributed by atoms with Crippen LogP contribution >= 0.6 is 0 Å². The van der Waals surface area contributed by atoms with Crippen molar-refractivity contribution in [2.24, 2.45) is 7.05 Å². The summed E-state index contributed by atoms with van der Waals surface area (Å²) in [5, 5.41) is 0. The zero-order valence-corrected chi connectivity index (χ0v) is 12.4. The van der Waals surface area contributed by atoms with E-state index in [1.54, 1.807) is 12.1 Å². The van der Waals surface area contributed by atoms with Gasteiger partial charge in [0, 0.05) is 19.8 Å². The second-order valence-corrected chi connectivity index (χ2v) is 5.00. The van der Waals surface area contributed by atoms with Crippen LogP contribution in [-0.2, 0) is 7.05 Å². The number of benzene rings is 1. The maximum Gasteiger partial charge on any atom is 0.398 e. The molecule has 0 N–H and O–H groups in total. The molecule has 0 spiro atoms. The number of rotatable bonds is 3. The molecule has 0 aliphatic rings. The topological polar surface area (TPSA) is 7.12 Å². The van der Waals surface area contributed by atoms with Crippen LogP contribution < -0.4 is 9.47 Å². The first-order valence-electron chi connectivity index (χ1n) is 6.50. The third-order valence-corrected chi connectivity index (χ3v) is 3.28. The number of pyridine rings is 1. The molecule has 1 aromatic carbocycles. The van der Waals surface area contributed by atoms with Crippen molar-refractivity contribution in [1.29, 1.82) is 0 Å². The average Bonchev–Trinajstić information content (AvgIpc) is 2.51. The van der Waals surface area contributed by atoms with Gasteiger partial charge in [0.2, 0.25) is 11.6 Å². The zero-order valence-electron chi connectivity index (χ0n) is 12.4. The van der Waals surface area contributed by atoms with Gasteiger partial charge < -0.3 is 4.90 Å². The Morgan fingerprint density at radius 2 is 1.36 bits per heavy atom. The third-order valence-electron chi connectivity index (χ3n) is 3.28. The summed E-state index contributed by atoms with van der Waals surface area (Å²) in [6, 6.07) is 7.10. The number of halogens is 4. The lowest BCUT2D eigenvalue weighted by molar-refractivity contribution is -0.730. The van der Waals surface area contributed by atoms with Crippen molar-refractivity contribution in [3.63, 3.8) is 0 Å². The van der Waals surface area contributed by atoms with E-state index in [2.05, 4.69) is 0 Å². The first-order chi connectivity index (χ1) is 10.3. The highest BCUT2D eigenvalue weighted by atomic mass is 19.2. The molecule has 0 fully saturated rings. The van der Waals surface area contributed by atoms with Crippen molar-refractivity contribution >= 4 is 17.8 Å². The van der Waals surface area contributed by atoms with E-state index < -0.39 is 29.1 Å². The van der Waals surface area contributed by atoms with Gasteiger partial charge in [0.25, 0.3) is 0 Å². The zero-order chi connectivity index (χ0) is 16.4. The SMILES string of the molecule is CN(C)c1ccc(/C=C/c2c(F)c(F)[n+](C)c(F)c2F)cc1. The normalized spacial score (nSPS) is 11.2.